The Bertz CT molecular complexity index is 396. The molecular weight excluding hydrogens is 247 g/mol. The van der Waals surface area contributed by atoms with Crippen molar-refractivity contribution in [3.05, 3.63) is 47.8 Å². The van der Waals surface area contributed by atoms with Crippen LogP contribution in [0, 0.1) is 11.8 Å². The van der Waals surface area contributed by atoms with Crippen LogP contribution in [0.4, 0.5) is 4.39 Å². The third kappa shape index (κ3) is 4.77. The first kappa shape index (κ1) is 15.3. The maximum atomic E-state index is 12.0. The SMILES string of the molecule is CC[C@H]1CC[C@H](CCc2ccc(C/C=C/F)cc2)CC1. The zero-order chi connectivity index (χ0) is 14.2. The van der Waals surface area contributed by atoms with Gasteiger partial charge in [0.15, 0.2) is 0 Å². The predicted molar refractivity (Wildman–Crippen MR) is 84.5 cm³/mol. The Hall–Kier alpha value is -1.11. The fraction of sp³-hybridized carbons (Fsp3) is 0.579. The summed E-state index contributed by atoms with van der Waals surface area (Å²) < 4.78 is 12.0. The van der Waals surface area contributed by atoms with Crippen LogP contribution in [0.3, 0.4) is 0 Å². The average Bonchev–Trinajstić information content (AvgIpc) is 2.52. The van der Waals surface area contributed by atoms with E-state index in [1.807, 2.05) is 0 Å². The van der Waals surface area contributed by atoms with Gasteiger partial charge in [0.1, 0.15) is 0 Å². The largest absolute Gasteiger partial charge is 0.216 e. The van der Waals surface area contributed by atoms with Crippen LogP contribution in [0.25, 0.3) is 0 Å². The first-order valence-corrected chi connectivity index (χ1v) is 8.14. The van der Waals surface area contributed by atoms with Crippen LogP contribution < -0.4 is 0 Å². The molecule has 2 rings (SSSR count). The smallest absolute Gasteiger partial charge is 0.0830 e. The lowest BCUT2D eigenvalue weighted by atomic mass is 9.78. The minimum atomic E-state index is 0.626. The Morgan fingerprint density at radius 1 is 1.00 bits per heavy atom. The summed E-state index contributed by atoms with van der Waals surface area (Å²) in [7, 11) is 0. The standard InChI is InChI=1S/C19H27F/c1-2-16-5-7-18(8-6-16)13-14-19-11-9-17(10-12-19)4-3-15-20/h3,9-12,15-16,18H,2,4-8,13-14H2,1H3/b15-3+/t16-,18-. The number of rotatable bonds is 6. The highest BCUT2D eigenvalue weighted by molar-refractivity contribution is 5.24. The van der Waals surface area contributed by atoms with Crippen LogP contribution in [0.15, 0.2) is 36.7 Å². The molecule has 1 aromatic carbocycles. The Morgan fingerprint density at radius 2 is 1.60 bits per heavy atom. The molecule has 0 saturated heterocycles. The van der Waals surface area contributed by atoms with Gasteiger partial charge >= 0.3 is 0 Å². The molecule has 0 atom stereocenters. The van der Waals surface area contributed by atoms with Crippen LogP contribution in [0.5, 0.6) is 0 Å². The molecule has 1 fully saturated rings. The van der Waals surface area contributed by atoms with Crippen LogP contribution in [0.2, 0.25) is 0 Å². The predicted octanol–water partition coefficient (Wildman–Crippen LogP) is 5.86. The van der Waals surface area contributed by atoms with E-state index in [-0.39, 0.29) is 0 Å². The van der Waals surface area contributed by atoms with Gasteiger partial charge in [-0.2, -0.15) is 0 Å². The van der Waals surface area contributed by atoms with Gasteiger partial charge in [0.2, 0.25) is 0 Å². The lowest BCUT2D eigenvalue weighted by molar-refractivity contribution is 0.259. The van der Waals surface area contributed by atoms with E-state index >= 15 is 0 Å². The molecule has 0 radical (unpaired) electrons. The minimum absolute atomic E-state index is 0.626. The van der Waals surface area contributed by atoms with Crippen molar-refractivity contribution in [3.63, 3.8) is 0 Å². The molecule has 0 spiro atoms. The monoisotopic (exact) mass is 274 g/mol. The van der Waals surface area contributed by atoms with Gasteiger partial charge in [-0.25, -0.2) is 4.39 Å². The Kier molecular flexibility index (Phi) is 6.29. The van der Waals surface area contributed by atoms with Gasteiger partial charge < -0.3 is 0 Å². The summed E-state index contributed by atoms with van der Waals surface area (Å²) in [5, 5.41) is 0. The fourth-order valence-electron chi connectivity index (χ4n) is 3.32. The molecule has 1 aliphatic carbocycles. The molecule has 1 aromatic rings. The van der Waals surface area contributed by atoms with Crippen molar-refractivity contribution >= 4 is 0 Å². The fourth-order valence-corrected chi connectivity index (χ4v) is 3.32. The van der Waals surface area contributed by atoms with Gasteiger partial charge in [-0.15, -0.1) is 0 Å². The van der Waals surface area contributed by atoms with Crippen LogP contribution in [-0.4, -0.2) is 0 Å². The minimum Gasteiger partial charge on any atom is -0.216 e. The molecular formula is C19H27F. The van der Waals surface area contributed by atoms with E-state index in [9.17, 15) is 4.39 Å². The van der Waals surface area contributed by atoms with Crippen molar-refractivity contribution < 1.29 is 4.39 Å². The molecule has 0 unspecified atom stereocenters. The number of aryl methyl sites for hydroxylation is 1. The van der Waals surface area contributed by atoms with Crippen molar-refractivity contribution in [3.8, 4) is 0 Å². The molecule has 1 aliphatic rings. The third-order valence-electron chi connectivity index (χ3n) is 4.85. The lowest BCUT2D eigenvalue weighted by Crippen LogP contribution is -2.14. The summed E-state index contributed by atoms with van der Waals surface area (Å²) in [6, 6.07) is 8.67. The summed E-state index contributed by atoms with van der Waals surface area (Å²) in [5.74, 6) is 1.93. The molecule has 0 N–H and O–H groups in total. The van der Waals surface area contributed by atoms with Crippen molar-refractivity contribution in [2.24, 2.45) is 11.8 Å². The van der Waals surface area contributed by atoms with Crippen molar-refractivity contribution in [2.45, 2.75) is 58.3 Å². The van der Waals surface area contributed by atoms with Crippen LogP contribution in [-0.2, 0) is 12.8 Å². The Morgan fingerprint density at radius 3 is 2.20 bits per heavy atom. The average molecular weight is 274 g/mol. The van der Waals surface area contributed by atoms with Gasteiger partial charge in [0, 0.05) is 0 Å². The molecule has 20 heavy (non-hydrogen) atoms. The summed E-state index contributed by atoms with van der Waals surface area (Å²) in [6.07, 6.45) is 12.5. The van der Waals surface area contributed by atoms with E-state index in [1.54, 1.807) is 6.08 Å². The highest BCUT2D eigenvalue weighted by Gasteiger charge is 2.19. The molecule has 0 aliphatic heterocycles. The van der Waals surface area contributed by atoms with E-state index in [2.05, 4.69) is 31.2 Å². The molecule has 0 bridgehead atoms. The molecule has 1 heteroatoms. The number of benzene rings is 1. The number of hydrogen-bond donors (Lipinski definition) is 0. The summed E-state index contributed by atoms with van der Waals surface area (Å²) in [4.78, 5) is 0. The number of allylic oxidation sites excluding steroid dienone is 1. The quantitative estimate of drug-likeness (QED) is 0.609. The van der Waals surface area contributed by atoms with E-state index < -0.39 is 0 Å². The van der Waals surface area contributed by atoms with Gasteiger partial charge in [-0.05, 0) is 42.2 Å². The second-order valence-electron chi connectivity index (χ2n) is 6.22. The van der Waals surface area contributed by atoms with Crippen LogP contribution in [0.1, 0.15) is 56.6 Å². The Balaban J connectivity index is 1.74. The third-order valence-corrected chi connectivity index (χ3v) is 4.85. The normalized spacial score (nSPS) is 23.3. The molecule has 0 aromatic heterocycles. The molecule has 1 saturated carbocycles. The lowest BCUT2D eigenvalue weighted by Gasteiger charge is -2.27. The first-order valence-electron chi connectivity index (χ1n) is 8.14. The molecule has 110 valence electrons. The second kappa shape index (κ2) is 8.24. The van der Waals surface area contributed by atoms with Gasteiger partial charge in [0.25, 0.3) is 0 Å². The van der Waals surface area contributed by atoms with Gasteiger partial charge in [0.05, 0.1) is 6.33 Å². The van der Waals surface area contributed by atoms with E-state index in [0.717, 1.165) is 11.8 Å². The molecule has 0 nitrogen and oxygen atoms in total. The maximum absolute atomic E-state index is 12.0. The topological polar surface area (TPSA) is 0 Å². The highest BCUT2D eigenvalue weighted by atomic mass is 19.1. The zero-order valence-corrected chi connectivity index (χ0v) is 12.7. The van der Waals surface area contributed by atoms with Gasteiger partial charge in [-0.1, -0.05) is 69.4 Å². The highest BCUT2D eigenvalue weighted by Crippen LogP contribution is 2.33. The maximum Gasteiger partial charge on any atom is 0.0830 e. The molecule has 0 heterocycles. The van der Waals surface area contributed by atoms with E-state index in [4.69, 9.17) is 0 Å². The van der Waals surface area contributed by atoms with Gasteiger partial charge in [-0.3, -0.25) is 0 Å². The van der Waals surface area contributed by atoms with E-state index in [1.165, 1.54) is 56.1 Å². The second-order valence-corrected chi connectivity index (χ2v) is 6.22. The van der Waals surface area contributed by atoms with Crippen LogP contribution >= 0.6 is 0 Å². The summed E-state index contributed by atoms with van der Waals surface area (Å²) in [5.41, 5.74) is 2.61. The van der Waals surface area contributed by atoms with Crippen molar-refractivity contribution in [1.82, 2.24) is 0 Å². The molecule has 0 amide bonds. The first-order chi connectivity index (χ1) is 9.81. The summed E-state index contributed by atoms with van der Waals surface area (Å²) in [6.45, 7) is 2.32. The van der Waals surface area contributed by atoms with E-state index in [0.29, 0.717) is 12.8 Å². The Labute approximate surface area is 123 Å². The zero-order valence-electron chi connectivity index (χ0n) is 12.7. The number of hydrogen-bond acceptors (Lipinski definition) is 0. The summed E-state index contributed by atoms with van der Waals surface area (Å²) >= 11 is 0. The number of halogens is 1. The van der Waals surface area contributed by atoms with Crippen molar-refractivity contribution in [1.29, 1.82) is 0 Å². The van der Waals surface area contributed by atoms with Crippen molar-refractivity contribution in [2.75, 3.05) is 0 Å².